The van der Waals surface area contributed by atoms with Gasteiger partial charge in [0.05, 0.1) is 12.2 Å². The Bertz CT molecular complexity index is 200. The second-order valence-corrected chi connectivity index (χ2v) is 5.15. The first-order valence-electron chi connectivity index (χ1n) is 6.32. The lowest BCUT2D eigenvalue weighted by molar-refractivity contribution is -0.0667. The molecule has 0 aromatic heterocycles. The van der Waals surface area contributed by atoms with Crippen molar-refractivity contribution in [3.05, 3.63) is 0 Å². The summed E-state index contributed by atoms with van der Waals surface area (Å²) in [6, 6.07) is 1.34. The standard InChI is InChI=1S/C12H24N2O/c1-9-6-12(7-10(2)15-9)14-5-3-4-11(14)8-13/h9-12H,3-8,13H2,1-2H3. The Hall–Kier alpha value is -0.120. The van der Waals surface area contributed by atoms with Crippen molar-refractivity contribution in [3.8, 4) is 0 Å². The summed E-state index contributed by atoms with van der Waals surface area (Å²) in [4.78, 5) is 2.63. The van der Waals surface area contributed by atoms with Gasteiger partial charge in [-0.3, -0.25) is 4.90 Å². The van der Waals surface area contributed by atoms with Crippen molar-refractivity contribution in [2.24, 2.45) is 5.73 Å². The second kappa shape index (κ2) is 4.81. The summed E-state index contributed by atoms with van der Waals surface area (Å²) in [5, 5.41) is 0. The van der Waals surface area contributed by atoms with Crippen molar-refractivity contribution >= 4 is 0 Å². The van der Waals surface area contributed by atoms with Crippen LogP contribution in [0.3, 0.4) is 0 Å². The highest BCUT2D eigenvalue weighted by atomic mass is 16.5. The average molecular weight is 212 g/mol. The molecule has 0 bridgehead atoms. The van der Waals surface area contributed by atoms with E-state index in [1.54, 1.807) is 0 Å². The minimum absolute atomic E-state index is 0.415. The molecule has 88 valence electrons. The zero-order valence-corrected chi connectivity index (χ0v) is 9.98. The highest BCUT2D eigenvalue weighted by Gasteiger charge is 2.34. The molecular formula is C12H24N2O. The Kier molecular flexibility index (Phi) is 3.65. The quantitative estimate of drug-likeness (QED) is 0.751. The molecule has 15 heavy (non-hydrogen) atoms. The van der Waals surface area contributed by atoms with Crippen LogP contribution in [0, 0.1) is 0 Å². The summed E-state index contributed by atoms with van der Waals surface area (Å²) in [5.74, 6) is 0. The van der Waals surface area contributed by atoms with Crippen LogP contribution in [0.25, 0.3) is 0 Å². The molecule has 2 rings (SSSR count). The number of nitrogens with zero attached hydrogens (tertiary/aromatic N) is 1. The topological polar surface area (TPSA) is 38.5 Å². The molecule has 3 atom stereocenters. The van der Waals surface area contributed by atoms with E-state index in [0.717, 1.165) is 6.54 Å². The monoisotopic (exact) mass is 212 g/mol. The van der Waals surface area contributed by atoms with Crippen LogP contribution in [0.2, 0.25) is 0 Å². The van der Waals surface area contributed by atoms with Gasteiger partial charge in [-0.2, -0.15) is 0 Å². The van der Waals surface area contributed by atoms with Gasteiger partial charge in [0.2, 0.25) is 0 Å². The number of rotatable bonds is 2. The molecule has 0 aromatic carbocycles. The molecule has 0 aliphatic carbocycles. The molecule has 3 heteroatoms. The van der Waals surface area contributed by atoms with Gasteiger partial charge in [-0.05, 0) is 46.1 Å². The van der Waals surface area contributed by atoms with Crippen LogP contribution in [-0.4, -0.2) is 42.3 Å². The maximum Gasteiger partial charge on any atom is 0.0565 e. The van der Waals surface area contributed by atoms with Gasteiger partial charge in [-0.25, -0.2) is 0 Å². The highest BCUT2D eigenvalue weighted by Crippen LogP contribution is 2.29. The summed E-state index contributed by atoms with van der Waals surface area (Å²) in [6.45, 7) is 6.44. The van der Waals surface area contributed by atoms with Gasteiger partial charge in [0, 0.05) is 18.6 Å². The molecule has 3 nitrogen and oxygen atoms in total. The third kappa shape index (κ3) is 2.52. The number of hydrogen-bond acceptors (Lipinski definition) is 3. The van der Waals surface area contributed by atoms with Crippen LogP contribution in [0.1, 0.15) is 39.5 Å². The number of hydrogen-bond donors (Lipinski definition) is 1. The Labute approximate surface area is 93.0 Å². The van der Waals surface area contributed by atoms with Crippen molar-refractivity contribution in [1.82, 2.24) is 4.90 Å². The van der Waals surface area contributed by atoms with Crippen LogP contribution < -0.4 is 5.73 Å². The van der Waals surface area contributed by atoms with Gasteiger partial charge in [0.15, 0.2) is 0 Å². The molecule has 2 aliphatic heterocycles. The van der Waals surface area contributed by atoms with Crippen LogP contribution in [0.4, 0.5) is 0 Å². The summed E-state index contributed by atoms with van der Waals surface area (Å²) in [5.41, 5.74) is 5.83. The molecule has 2 fully saturated rings. The first kappa shape index (κ1) is 11.4. The van der Waals surface area contributed by atoms with Gasteiger partial charge in [-0.15, -0.1) is 0 Å². The molecule has 2 N–H and O–H groups in total. The predicted molar refractivity (Wildman–Crippen MR) is 61.8 cm³/mol. The van der Waals surface area contributed by atoms with E-state index in [-0.39, 0.29) is 0 Å². The molecule has 2 saturated heterocycles. The van der Waals surface area contributed by atoms with Crippen LogP contribution in [-0.2, 0) is 4.74 Å². The minimum atomic E-state index is 0.415. The van der Waals surface area contributed by atoms with Gasteiger partial charge in [-0.1, -0.05) is 0 Å². The highest BCUT2D eigenvalue weighted by molar-refractivity contribution is 4.89. The van der Waals surface area contributed by atoms with E-state index in [1.165, 1.54) is 32.2 Å². The lowest BCUT2D eigenvalue weighted by Crippen LogP contribution is -2.48. The van der Waals surface area contributed by atoms with E-state index in [4.69, 9.17) is 10.5 Å². The predicted octanol–water partition coefficient (Wildman–Crippen LogP) is 1.37. The van der Waals surface area contributed by atoms with Crippen molar-refractivity contribution in [3.63, 3.8) is 0 Å². The maximum absolute atomic E-state index is 5.83. The summed E-state index contributed by atoms with van der Waals surface area (Å²) in [7, 11) is 0. The van der Waals surface area contributed by atoms with E-state index in [0.29, 0.717) is 24.3 Å². The third-order valence-electron chi connectivity index (χ3n) is 3.84. The lowest BCUT2D eigenvalue weighted by atomic mass is 9.97. The molecule has 0 radical (unpaired) electrons. The van der Waals surface area contributed by atoms with Crippen molar-refractivity contribution in [1.29, 1.82) is 0 Å². The first-order chi connectivity index (χ1) is 7.20. The van der Waals surface area contributed by atoms with E-state index in [2.05, 4.69) is 18.7 Å². The van der Waals surface area contributed by atoms with E-state index in [9.17, 15) is 0 Å². The van der Waals surface area contributed by atoms with Crippen LogP contribution in [0.5, 0.6) is 0 Å². The van der Waals surface area contributed by atoms with E-state index < -0.39 is 0 Å². The molecule has 0 spiro atoms. The fourth-order valence-corrected chi connectivity index (χ4v) is 3.23. The zero-order valence-electron chi connectivity index (χ0n) is 9.98. The van der Waals surface area contributed by atoms with Gasteiger partial charge < -0.3 is 10.5 Å². The van der Waals surface area contributed by atoms with E-state index in [1.807, 2.05) is 0 Å². The van der Waals surface area contributed by atoms with Crippen molar-refractivity contribution in [2.45, 2.75) is 63.8 Å². The lowest BCUT2D eigenvalue weighted by Gasteiger charge is -2.40. The first-order valence-corrected chi connectivity index (χ1v) is 6.32. The largest absolute Gasteiger partial charge is 0.375 e. The third-order valence-corrected chi connectivity index (χ3v) is 3.84. The second-order valence-electron chi connectivity index (χ2n) is 5.15. The molecular weight excluding hydrogens is 188 g/mol. The fraction of sp³-hybridized carbons (Fsp3) is 1.00. The molecule has 0 amide bonds. The Balaban J connectivity index is 1.96. The number of nitrogens with two attached hydrogens (primary N) is 1. The molecule has 2 aliphatic rings. The Morgan fingerprint density at radius 1 is 1.27 bits per heavy atom. The maximum atomic E-state index is 5.83. The van der Waals surface area contributed by atoms with Crippen LogP contribution in [0.15, 0.2) is 0 Å². The van der Waals surface area contributed by atoms with Gasteiger partial charge >= 0.3 is 0 Å². The minimum Gasteiger partial charge on any atom is -0.375 e. The van der Waals surface area contributed by atoms with Crippen molar-refractivity contribution < 1.29 is 4.74 Å². The van der Waals surface area contributed by atoms with E-state index >= 15 is 0 Å². The van der Waals surface area contributed by atoms with Gasteiger partial charge in [0.1, 0.15) is 0 Å². The summed E-state index contributed by atoms with van der Waals surface area (Å²) >= 11 is 0. The van der Waals surface area contributed by atoms with Crippen LogP contribution >= 0.6 is 0 Å². The Morgan fingerprint density at radius 2 is 1.93 bits per heavy atom. The van der Waals surface area contributed by atoms with Gasteiger partial charge in [0.25, 0.3) is 0 Å². The SMILES string of the molecule is CC1CC(N2CCCC2CN)CC(C)O1. The number of ether oxygens (including phenoxy) is 1. The summed E-state index contributed by atoms with van der Waals surface area (Å²) < 4.78 is 5.79. The normalized spacial score (nSPS) is 43.4. The smallest absolute Gasteiger partial charge is 0.0565 e. The van der Waals surface area contributed by atoms with Crippen molar-refractivity contribution in [2.75, 3.05) is 13.1 Å². The molecule has 0 saturated carbocycles. The molecule has 2 heterocycles. The molecule has 0 aromatic rings. The summed E-state index contributed by atoms with van der Waals surface area (Å²) in [6.07, 6.45) is 5.80. The average Bonchev–Trinajstić information content (AvgIpc) is 2.63. The Morgan fingerprint density at radius 3 is 2.53 bits per heavy atom. The molecule has 3 unspecified atom stereocenters. The fourth-order valence-electron chi connectivity index (χ4n) is 3.23. The zero-order chi connectivity index (χ0) is 10.8. The number of likely N-dealkylation sites (tertiary alicyclic amines) is 1.